The molecular weight excluding hydrogens is 240 g/mol. The van der Waals surface area contributed by atoms with Crippen molar-refractivity contribution in [1.29, 1.82) is 0 Å². The van der Waals surface area contributed by atoms with E-state index < -0.39 is 0 Å². The quantitative estimate of drug-likeness (QED) is 0.731. The van der Waals surface area contributed by atoms with Crippen LogP contribution in [0.5, 0.6) is 0 Å². The van der Waals surface area contributed by atoms with Gasteiger partial charge in [-0.15, -0.1) is 0 Å². The van der Waals surface area contributed by atoms with Gasteiger partial charge in [0.05, 0.1) is 17.2 Å². The molecule has 0 aliphatic rings. The lowest BCUT2D eigenvalue weighted by Crippen LogP contribution is -2.04. The first kappa shape index (κ1) is 11.8. The van der Waals surface area contributed by atoms with Crippen LogP contribution in [0.4, 0.5) is 5.69 Å². The molecule has 2 heterocycles. The first-order valence-electron chi connectivity index (χ1n) is 6.33. The third kappa shape index (κ3) is 2.07. The van der Waals surface area contributed by atoms with Crippen molar-refractivity contribution in [3.63, 3.8) is 0 Å². The maximum absolute atomic E-state index is 5.80. The highest BCUT2D eigenvalue weighted by molar-refractivity contribution is 5.79. The molecule has 5 nitrogen and oxygen atoms in total. The minimum absolute atomic E-state index is 0.595. The Kier molecular flexibility index (Phi) is 2.74. The smallest absolute Gasteiger partial charge is 0.214 e. The van der Waals surface area contributed by atoms with E-state index in [0.29, 0.717) is 12.4 Å². The molecule has 0 bridgehead atoms. The molecule has 0 fully saturated rings. The van der Waals surface area contributed by atoms with Crippen LogP contribution in [0.1, 0.15) is 24.4 Å². The van der Waals surface area contributed by atoms with Gasteiger partial charge in [0.25, 0.3) is 0 Å². The van der Waals surface area contributed by atoms with E-state index in [1.807, 2.05) is 25.1 Å². The van der Waals surface area contributed by atoms with Gasteiger partial charge in [0.2, 0.25) is 5.89 Å². The van der Waals surface area contributed by atoms with Crippen LogP contribution >= 0.6 is 0 Å². The first-order chi connectivity index (χ1) is 9.17. The minimum Gasteiger partial charge on any atom is -0.444 e. The Morgan fingerprint density at radius 1 is 1.37 bits per heavy atom. The van der Waals surface area contributed by atoms with E-state index in [1.54, 1.807) is 6.20 Å². The van der Waals surface area contributed by atoms with E-state index in [4.69, 9.17) is 10.2 Å². The molecule has 0 unspecified atom stereocenters. The zero-order chi connectivity index (χ0) is 13.4. The summed E-state index contributed by atoms with van der Waals surface area (Å²) >= 11 is 0. The molecule has 0 amide bonds. The summed E-state index contributed by atoms with van der Waals surface area (Å²) in [5, 5.41) is 0. The Morgan fingerprint density at radius 2 is 2.21 bits per heavy atom. The average Bonchev–Trinajstić information content (AvgIpc) is 2.94. The van der Waals surface area contributed by atoms with E-state index in [-0.39, 0.29) is 0 Å². The molecule has 2 N–H and O–H groups in total. The fraction of sp³-hybridized carbons (Fsp3) is 0.286. The molecule has 0 radical (unpaired) electrons. The molecule has 3 aromatic rings. The number of oxazole rings is 1. The third-order valence-electron chi connectivity index (χ3n) is 3.13. The Labute approximate surface area is 111 Å². The van der Waals surface area contributed by atoms with E-state index in [9.17, 15) is 0 Å². The number of benzene rings is 1. The van der Waals surface area contributed by atoms with Crippen molar-refractivity contribution in [2.24, 2.45) is 0 Å². The van der Waals surface area contributed by atoms with Crippen LogP contribution in [0.2, 0.25) is 0 Å². The van der Waals surface area contributed by atoms with Crippen LogP contribution in [0.25, 0.3) is 11.0 Å². The number of nitrogens with two attached hydrogens (primary N) is 1. The highest BCUT2D eigenvalue weighted by Gasteiger charge is 2.12. The molecule has 0 spiro atoms. The van der Waals surface area contributed by atoms with Gasteiger partial charge in [0.1, 0.15) is 18.1 Å². The van der Waals surface area contributed by atoms with Gasteiger partial charge in [-0.1, -0.05) is 6.92 Å². The molecule has 2 aromatic heterocycles. The third-order valence-corrected chi connectivity index (χ3v) is 3.13. The molecule has 5 heteroatoms. The summed E-state index contributed by atoms with van der Waals surface area (Å²) in [4.78, 5) is 8.86. The van der Waals surface area contributed by atoms with E-state index >= 15 is 0 Å². The Hall–Kier alpha value is -2.30. The summed E-state index contributed by atoms with van der Waals surface area (Å²) in [5.74, 6) is 2.53. The fourth-order valence-electron chi connectivity index (χ4n) is 2.25. The molecule has 0 aliphatic carbocycles. The maximum atomic E-state index is 5.80. The van der Waals surface area contributed by atoms with Crippen LogP contribution in [-0.4, -0.2) is 14.5 Å². The molecule has 0 saturated carbocycles. The van der Waals surface area contributed by atoms with Gasteiger partial charge in [-0.05, 0) is 25.1 Å². The van der Waals surface area contributed by atoms with E-state index in [1.165, 1.54) is 0 Å². The number of hydrogen-bond donors (Lipinski definition) is 1. The topological polar surface area (TPSA) is 69.9 Å². The van der Waals surface area contributed by atoms with Gasteiger partial charge in [-0.3, -0.25) is 0 Å². The van der Waals surface area contributed by atoms with Gasteiger partial charge in [0.15, 0.2) is 0 Å². The molecule has 0 atom stereocenters. The summed E-state index contributed by atoms with van der Waals surface area (Å²) in [6.45, 7) is 4.57. The second-order valence-electron chi connectivity index (χ2n) is 4.58. The molecule has 0 saturated heterocycles. The Bertz CT molecular complexity index is 726. The number of nitrogens with zero attached hydrogens (tertiary/aromatic N) is 3. The Morgan fingerprint density at radius 3 is 2.89 bits per heavy atom. The monoisotopic (exact) mass is 256 g/mol. The standard InChI is InChI=1S/C14H16N4O/c1-3-13-17-11-6-10(15)4-5-12(11)18(13)8-14-16-7-9(2)19-14/h4-7H,3,8,15H2,1-2H3. The second kappa shape index (κ2) is 4.42. The zero-order valence-corrected chi connectivity index (χ0v) is 11.1. The first-order valence-corrected chi connectivity index (χ1v) is 6.33. The number of nitrogen functional groups attached to an aromatic ring is 1. The molecule has 3 rings (SSSR count). The van der Waals surface area contributed by atoms with Crippen LogP contribution in [-0.2, 0) is 13.0 Å². The fourth-order valence-corrected chi connectivity index (χ4v) is 2.25. The summed E-state index contributed by atoms with van der Waals surface area (Å²) in [7, 11) is 0. The van der Waals surface area contributed by atoms with E-state index in [2.05, 4.69) is 21.5 Å². The van der Waals surface area contributed by atoms with Crippen LogP contribution in [0.15, 0.2) is 28.8 Å². The van der Waals surface area contributed by atoms with Gasteiger partial charge in [-0.2, -0.15) is 0 Å². The predicted molar refractivity (Wildman–Crippen MR) is 73.9 cm³/mol. The highest BCUT2D eigenvalue weighted by Crippen LogP contribution is 2.20. The maximum Gasteiger partial charge on any atom is 0.214 e. The van der Waals surface area contributed by atoms with Crippen LogP contribution < -0.4 is 5.73 Å². The number of hydrogen-bond acceptors (Lipinski definition) is 4. The lowest BCUT2D eigenvalue weighted by atomic mass is 10.3. The van der Waals surface area contributed by atoms with Crippen molar-refractivity contribution in [3.05, 3.63) is 41.9 Å². The van der Waals surface area contributed by atoms with Crippen LogP contribution in [0, 0.1) is 6.92 Å². The van der Waals surface area contributed by atoms with Crippen molar-refractivity contribution >= 4 is 16.7 Å². The van der Waals surface area contributed by atoms with Gasteiger partial charge in [0, 0.05) is 12.1 Å². The van der Waals surface area contributed by atoms with Gasteiger partial charge >= 0.3 is 0 Å². The number of aromatic nitrogens is 3. The van der Waals surface area contributed by atoms with Crippen molar-refractivity contribution in [1.82, 2.24) is 14.5 Å². The number of aryl methyl sites for hydroxylation is 2. The second-order valence-corrected chi connectivity index (χ2v) is 4.58. The summed E-state index contributed by atoms with van der Waals surface area (Å²) in [6, 6.07) is 5.78. The van der Waals surface area contributed by atoms with Crippen molar-refractivity contribution in [3.8, 4) is 0 Å². The molecule has 0 aliphatic heterocycles. The van der Waals surface area contributed by atoms with Crippen molar-refractivity contribution in [2.45, 2.75) is 26.8 Å². The lowest BCUT2D eigenvalue weighted by molar-refractivity contribution is 0.456. The lowest BCUT2D eigenvalue weighted by Gasteiger charge is -2.05. The van der Waals surface area contributed by atoms with Gasteiger partial charge < -0.3 is 14.7 Å². The number of imidazole rings is 1. The molecular formula is C14H16N4O. The molecule has 1 aromatic carbocycles. The number of fused-ring (bicyclic) bond motifs is 1. The predicted octanol–water partition coefficient (Wildman–Crippen LogP) is 2.53. The summed E-state index contributed by atoms with van der Waals surface area (Å²) < 4.78 is 7.67. The molecule has 98 valence electrons. The Balaban J connectivity index is 2.10. The average molecular weight is 256 g/mol. The normalized spacial score (nSPS) is 11.3. The van der Waals surface area contributed by atoms with E-state index in [0.717, 1.165) is 34.7 Å². The summed E-state index contributed by atoms with van der Waals surface area (Å²) in [5.41, 5.74) is 8.50. The SMILES string of the molecule is CCc1nc2cc(N)ccc2n1Cc1ncc(C)o1. The largest absolute Gasteiger partial charge is 0.444 e. The number of anilines is 1. The number of rotatable bonds is 3. The van der Waals surface area contributed by atoms with Gasteiger partial charge in [-0.25, -0.2) is 9.97 Å². The van der Waals surface area contributed by atoms with Crippen LogP contribution in [0.3, 0.4) is 0 Å². The summed E-state index contributed by atoms with van der Waals surface area (Å²) in [6.07, 6.45) is 2.59. The minimum atomic E-state index is 0.595. The molecule has 19 heavy (non-hydrogen) atoms. The highest BCUT2D eigenvalue weighted by atomic mass is 16.4. The van der Waals surface area contributed by atoms with Crippen molar-refractivity contribution < 1.29 is 4.42 Å². The zero-order valence-electron chi connectivity index (χ0n) is 11.1. The van der Waals surface area contributed by atoms with Crippen molar-refractivity contribution in [2.75, 3.05) is 5.73 Å².